The second-order valence-electron chi connectivity index (χ2n) is 4.59. The summed E-state index contributed by atoms with van der Waals surface area (Å²) in [6, 6.07) is 0. The van der Waals surface area contributed by atoms with E-state index >= 15 is 0 Å². The Kier molecular flexibility index (Phi) is 4.34. The van der Waals surface area contributed by atoms with Crippen molar-refractivity contribution < 1.29 is 13.0 Å². The minimum Gasteiger partial charge on any atom is -0.286 e. The second-order valence-corrected chi connectivity index (χ2v) is 6.16. The van der Waals surface area contributed by atoms with Crippen LogP contribution in [0.3, 0.4) is 0 Å². The van der Waals surface area contributed by atoms with E-state index in [2.05, 4.69) is 26.0 Å². The molecule has 0 saturated heterocycles. The number of hydrogen-bond donors (Lipinski definition) is 1. The minimum atomic E-state index is -3.78. The molecule has 0 amide bonds. The molecule has 0 aromatic carbocycles. The maximum Gasteiger partial charge on any atom is 0.264 e. The molecule has 1 aliphatic carbocycles. The maximum absolute atomic E-state index is 10.6. The standard InChI is InChI=1S/C11H20O3S/c1-9-5-3-6-11(10(9)2)7-4-8-15(12,13)14/h3,6,9-11H,4-5,7-8H2,1-2H3,(H,12,13,14). The monoisotopic (exact) mass is 232 g/mol. The van der Waals surface area contributed by atoms with E-state index in [-0.39, 0.29) is 5.75 Å². The van der Waals surface area contributed by atoms with Gasteiger partial charge in [0.2, 0.25) is 0 Å². The Morgan fingerprint density at radius 3 is 2.67 bits per heavy atom. The van der Waals surface area contributed by atoms with Gasteiger partial charge in [0.25, 0.3) is 10.1 Å². The Labute approximate surface area is 92.3 Å². The van der Waals surface area contributed by atoms with Gasteiger partial charge in [0, 0.05) is 0 Å². The molecule has 3 nitrogen and oxygen atoms in total. The van der Waals surface area contributed by atoms with E-state index in [9.17, 15) is 8.42 Å². The summed E-state index contributed by atoms with van der Waals surface area (Å²) in [4.78, 5) is 0. The van der Waals surface area contributed by atoms with E-state index in [1.54, 1.807) is 0 Å². The molecule has 1 rings (SSSR count). The third kappa shape index (κ3) is 4.34. The summed E-state index contributed by atoms with van der Waals surface area (Å²) >= 11 is 0. The van der Waals surface area contributed by atoms with Crippen LogP contribution in [0.5, 0.6) is 0 Å². The molecule has 4 heteroatoms. The van der Waals surface area contributed by atoms with Crippen LogP contribution in [0.4, 0.5) is 0 Å². The molecule has 1 N–H and O–H groups in total. The Hall–Kier alpha value is -0.350. The van der Waals surface area contributed by atoms with Crippen molar-refractivity contribution in [3.8, 4) is 0 Å². The molecule has 1 aliphatic rings. The van der Waals surface area contributed by atoms with Crippen molar-refractivity contribution in [3.05, 3.63) is 12.2 Å². The van der Waals surface area contributed by atoms with E-state index in [4.69, 9.17) is 4.55 Å². The van der Waals surface area contributed by atoms with Gasteiger partial charge in [0.05, 0.1) is 5.75 Å². The van der Waals surface area contributed by atoms with Crippen molar-refractivity contribution in [1.82, 2.24) is 0 Å². The molecule has 3 atom stereocenters. The van der Waals surface area contributed by atoms with Crippen LogP contribution in [0, 0.1) is 17.8 Å². The first-order valence-electron chi connectivity index (χ1n) is 5.52. The van der Waals surface area contributed by atoms with Crippen LogP contribution < -0.4 is 0 Å². The highest BCUT2D eigenvalue weighted by atomic mass is 32.2. The molecule has 0 spiro atoms. The van der Waals surface area contributed by atoms with Crippen molar-refractivity contribution in [1.29, 1.82) is 0 Å². The van der Waals surface area contributed by atoms with Crippen molar-refractivity contribution in [2.24, 2.45) is 17.8 Å². The molecular weight excluding hydrogens is 212 g/mol. The van der Waals surface area contributed by atoms with E-state index in [1.807, 2.05) is 0 Å². The summed E-state index contributed by atoms with van der Waals surface area (Å²) in [6.45, 7) is 4.44. The summed E-state index contributed by atoms with van der Waals surface area (Å²) in [5.41, 5.74) is 0. The molecular formula is C11H20O3S. The van der Waals surface area contributed by atoms with E-state index in [1.165, 1.54) is 0 Å². The van der Waals surface area contributed by atoms with Crippen LogP contribution in [0.15, 0.2) is 12.2 Å². The van der Waals surface area contributed by atoms with Gasteiger partial charge < -0.3 is 0 Å². The van der Waals surface area contributed by atoms with Crippen LogP contribution >= 0.6 is 0 Å². The van der Waals surface area contributed by atoms with Crippen LogP contribution in [-0.4, -0.2) is 18.7 Å². The van der Waals surface area contributed by atoms with Gasteiger partial charge >= 0.3 is 0 Å². The van der Waals surface area contributed by atoms with E-state index in [0.29, 0.717) is 24.2 Å². The first kappa shape index (κ1) is 12.7. The van der Waals surface area contributed by atoms with Gasteiger partial charge in [-0.3, -0.25) is 4.55 Å². The fourth-order valence-corrected chi connectivity index (χ4v) is 2.67. The molecule has 0 aliphatic heterocycles. The lowest BCUT2D eigenvalue weighted by molar-refractivity contribution is 0.276. The van der Waals surface area contributed by atoms with Crippen molar-refractivity contribution in [3.63, 3.8) is 0 Å². The molecule has 15 heavy (non-hydrogen) atoms. The van der Waals surface area contributed by atoms with Crippen molar-refractivity contribution in [2.75, 3.05) is 5.75 Å². The first-order valence-corrected chi connectivity index (χ1v) is 7.13. The molecule has 0 saturated carbocycles. The van der Waals surface area contributed by atoms with Gasteiger partial charge in [-0.25, -0.2) is 0 Å². The third-order valence-electron chi connectivity index (χ3n) is 3.40. The van der Waals surface area contributed by atoms with Crippen LogP contribution in [0.1, 0.15) is 33.1 Å². The zero-order valence-corrected chi connectivity index (χ0v) is 10.2. The van der Waals surface area contributed by atoms with Gasteiger partial charge in [-0.2, -0.15) is 8.42 Å². The molecule has 0 fully saturated rings. The fourth-order valence-electron chi connectivity index (χ4n) is 2.14. The molecule has 0 heterocycles. The average molecular weight is 232 g/mol. The van der Waals surface area contributed by atoms with Gasteiger partial charge in [0.15, 0.2) is 0 Å². The maximum atomic E-state index is 10.6. The highest BCUT2D eigenvalue weighted by molar-refractivity contribution is 7.85. The number of hydrogen-bond acceptors (Lipinski definition) is 2. The van der Waals surface area contributed by atoms with Gasteiger partial charge in [-0.05, 0) is 37.0 Å². The van der Waals surface area contributed by atoms with E-state index in [0.717, 1.165) is 12.8 Å². The lowest BCUT2D eigenvalue weighted by Crippen LogP contribution is -2.21. The predicted molar refractivity (Wildman–Crippen MR) is 61.2 cm³/mol. The van der Waals surface area contributed by atoms with Gasteiger partial charge in [-0.1, -0.05) is 26.0 Å². The summed E-state index contributed by atoms with van der Waals surface area (Å²) in [6.07, 6.45) is 6.89. The smallest absolute Gasteiger partial charge is 0.264 e. The van der Waals surface area contributed by atoms with Crippen molar-refractivity contribution >= 4 is 10.1 Å². The normalized spacial score (nSPS) is 31.8. The Balaban J connectivity index is 2.39. The summed E-state index contributed by atoms with van der Waals surface area (Å²) in [7, 11) is -3.78. The largest absolute Gasteiger partial charge is 0.286 e. The Bertz CT molecular complexity index is 319. The summed E-state index contributed by atoms with van der Waals surface area (Å²) in [5.74, 6) is 1.64. The fraction of sp³-hybridized carbons (Fsp3) is 0.818. The Morgan fingerprint density at radius 2 is 2.07 bits per heavy atom. The topological polar surface area (TPSA) is 54.4 Å². The number of allylic oxidation sites excluding steroid dienone is 2. The minimum absolute atomic E-state index is 0.113. The molecule has 0 aromatic heterocycles. The predicted octanol–water partition coefficient (Wildman–Crippen LogP) is 2.50. The van der Waals surface area contributed by atoms with Crippen LogP contribution in [0.2, 0.25) is 0 Å². The first-order chi connectivity index (χ1) is 6.90. The average Bonchev–Trinajstić information content (AvgIpc) is 2.10. The number of rotatable bonds is 4. The highest BCUT2D eigenvalue weighted by Crippen LogP contribution is 2.32. The molecule has 0 radical (unpaired) electrons. The summed E-state index contributed by atoms with van der Waals surface area (Å²) in [5, 5.41) is 0. The van der Waals surface area contributed by atoms with Gasteiger partial charge in [0.1, 0.15) is 0 Å². The zero-order valence-electron chi connectivity index (χ0n) is 9.39. The lowest BCUT2D eigenvalue weighted by Gasteiger charge is -2.29. The molecule has 0 aromatic rings. The summed E-state index contributed by atoms with van der Waals surface area (Å²) < 4.78 is 29.7. The lowest BCUT2D eigenvalue weighted by atomic mass is 9.76. The quantitative estimate of drug-likeness (QED) is 0.598. The third-order valence-corrected chi connectivity index (χ3v) is 4.21. The van der Waals surface area contributed by atoms with Crippen LogP contribution in [-0.2, 0) is 10.1 Å². The molecule has 88 valence electrons. The highest BCUT2D eigenvalue weighted by Gasteiger charge is 2.23. The zero-order chi connectivity index (χ0) is 11.5. The van der Waals surface area contributed by atoms with E-state index < -0.39 is 10.1 Å². The SMILES string of the molecule is CC1CC=CC(CCCS(=O)(=O)O)C1C. The van der Waals surface area contributed by atoms with Crippen LogP contribution in [0.25, 0.3) is 0 Å². The second kappa shape index (κ2) is 5.12. The van der Waals surface area contributed by atoms with Crippen molar-refractivity contribution in [2.45, 2.75) is 33.1 Å². The Morgan fingerprint density at radius 1 is 1.40 bits per heavy atom. The van der Waals surface area contributed by atoms with Gasteiger partial charge in [-0.15, -0.1) is 0 Å². The molecule has 3 unspecified atom stereocenters. The molecule has 0 bridgehead atoms.